The van der Waals surface area contributed by atoms with E-state index in [1.165, 1.54) is 6.07 Å². The van der Waals surface area contributed by atoms with Crippen LogP contribution in [-0.2, 0) is 6.42 Å². The molecule has 0 radical (unpaired) electrons. The number of likely N-dealkylation sites (N-methyl/N-ethyl adjacent to an activating group) is 1. The summed E-state index contributed by atoms with van der Waals surface area (Å²) in [5.74, 6) is -0.184. The van der Waals surface area contributed by atoms with Gasteiger partial charge in [-0.05, 0) is 56.3 Å². The average molecular weight is 323 g/mol. The zero-order chi connectivity index (χ0) is 13.8. The molecule has 0 bridgehead atoms. The van der Waals surface area contributed by atoms with Crippen LogP contribution in [0.15, 0.2) is 40.9 Å². The molecule has 4 heteroatoms. The van der Waals surface area contributed by atoms with Gasteiger partial charge < -0.3 is 5.32 Å². The summed E-state index contributed by atoms with van der Waals surface area (Å²) in [4.78, 5) is 4.50. The van der Waals surface area contributed by atoms with E-state index in [1.54, 1.807) is 6.07 Å². The smallest absolute Gasteiger partial charge is 0.126 e. The molecule has 2 aromatic rings. The van der Waals surface area contributed by atoms with Crippen LogP contribution in [0.4, 0.5) is 4.39 Å². The van der Waals surface area contributed by atoms with Gasteiger partial charge in [-0.1, -0.05) is 22.0 Å². The molecule has 0 aliphatic rings. The predicted molar refractivity (Wildman–Crippen MR) is 78.6 cm³/mol. The van der Waals surface area contributed by atoms with E-state index in [4.69, 9.17) is 0 Å². The zero-order valence-corrected chi connectivity index (χ0v) is 12.5. The molecule has 0 amide bonds. The maximum Gasteiger partial charge on any atom is 0.126 e. The van der Waals surface area contributed by atoms with Crippen molar-refractivity contribution in [3.8, 4) is 0 Å². The molecular formula is C15H16BrFN2. The summed E-state index contributed by atoms with van der Waals surface area (Å²) in [6.45, 7) is 1.95. The quantitative estimate of drug-likeness (QED) is 0.926. The monoisotopic (exact) mass is 322 g/mol. The summed E-state index contributed by atoms with van der Waals surface area (Å²) >= 11 is 3.37. The molecule has 2 rings (SSSR count). The molecular weight excluding hydrogens is 307 g/mol. The SMILES string of the molecule is CNC(Cc1cc(Br)ccc1F)c1cccc(C)n1. The largest absolute Gasteiger partial charge is 0.311 e. The first-order valence-electron chi connectivity index (χ1n) is 6.15. The molecule has 1 heterocycles. The lowest BCUT2D eigenvalue weighted by molar-refractivity contribution is 0.544. The summed E-state index contributed by atoms with van der Waals surface area (Å²) < 4.78 is 14.7. The average Bonchev–Trinajstić information content (AvgIpc) is 2.39. The van der Waals surface area contributed by atoms with Gasteiger partial charge in [0.05, 0.1) is 11.7 Å². The Balaban J connectivity index is 2.26. The molecule has 0 spiro atoms. The summed E-state index contributed by atoms with van der Waals surface area (Å²) in [5, 5.41) is 3.20. The van der Waals surface area contributed by atoms with Crippen LogP contribution in [0.2, 0.25) is 0 Å². The second kappa shape index (κ2) is 6.26. The highest BCUT2D eigenvalue weighted by molar-refractivity contribution is 9.10. The minimum atomic E-state index is -0.184. The number of nitrogens with one attached hydrogen (secondary N) is 1. The highest BCUT2D eigenvalue weighted by Gasteiger charge is 2.14. The van der Waals surface area contributed by atoms with Gasteiger partial charge in [0.1, 0.15) is 5.82 Å². The first kappa shape index (κ1) is 14.2. The van der Waals surface area contributed by atoms with E-state index in [-0.39, 0.29) is 11.9 Å². The Morgan fingerprint density at radius 2 is 2.11 bits per heavy atom. The van der Waals surface area contributed by atoms with Gasteiger partial charge in [-0.15, -0.1) is 0 Å². The van der Waals surface area contributed by atoms with E-state index < -0.39 is 0 Å². The molecule has 1 unspecified atom stereocenters. The lowest BCUT2D eigenvalue weighted by Gasteiger charge is -2.16. The third-order valence-electron chi connectivity index (χ3n) is 3.05. The van der Waals surface area contributed by atoms with Crippen LogP contribution >= 0.6 is 15.9 Å². The normalized spacial score (nSPS) is 12.4. The van der Waals surface area contributed by atoms with Crippen molar-refractivity contribution in [1.82, 2.24) is 10.3 Å². The standard InChI is InChI=1S/C15H16BrFN2/c1-10-4-3-5-14(19-10)15(18-2)9-11-8-12(16)6-7-13(11)17/h3-8,15,18H,9H2,1-2H3. The summed E-state index contributed by atoms with van der Waals surface area (Å²) in [5.41, 5.74) is 2.58. The van der Waals surface area contributed by atoms with Gasteiger partial charge in [-0.25, -0.2) is 4.39 Å². The molecule has 1 aromatic heterocycles. The third-order valence-corrected chi connectivity index (χ3v) is 3.54. The molecule has 2 nitrogen and oxygen atoms in total. The minimum absolute atomic E-state index is 0.00343. The first-order chi connectivity index (χ1) is 9.10. The number of pyridine rings is 1. The number of hydrogen-bond acceptors (Lipinski definition) is 2. The van der Waals surface area contributed by atoms with E-state index in [2.05, 4.69) is 26.2 Å². The first-order valence-corrected chi connectivity index (χ1v) is 6.94. The number of halogens is 2. The molecule has 1 aromatic carbocycles. The van der Waals surface area contributed by atoms with Crippen LogP contribution in [0.1, 0.15) is 23.0 Å². The van der Waals surface area contributed by atoms with Crippen molar-refractivity contribution in [2.24, 2.45) is 0 Å². The van der Waals surface area contributed by atoms with Crippen LogP contribution in [0.5, 0.6) is 0 Å². The number of aromatic nitrogens is 1. The Hall–Kier alpha value is -1.26. The van der Waals surface area contributed by atoms with Crippen LogP contribution < -0.4 is 5.32 Å². The van der Waals surface area contributed by atoms with Gasteiger partial charge >= 0.3 is 0 Å². The Labute approximate surface area is 121 Å². The summed E-state index contributed by atoms with van der Waals surface area (Å²) in [6, 6.07) is 10.9. The Kier molecular flexibility index (Phi) is 4.66. The van der Waals surface area contributed by atoms with Crippen LogP contribution in [0.25, 0.3) is 0 Å². The highest BCUT2D eigenvalue weighted by atomic mass is 79.9. The van der Waals surface area contributed by atoms with Gasteiger partial charge in [0.2, 0.25) is 0 Å². The lowest BCUT2D eigenvalue weighted by Crippen LogP contribution is -2.20. The van der Waals surface area contributed by atoms with Crippen LogP contribution in [-0.4, -0.2) is 12.0 Å². The maximum atomic E-state index is 13.8. The fraction of sp³-hybridized carbons (Fsp3) is 0.267. The number of aryl methyl sites for hydroxylation is 1. The molecule has 0 saturated heterocycles. The van der Waals surface area contributed by atoms with Crippen LogP contribution in [0.3, 0.4) is 0 Å². The van der Waals surface area contributed by atoms with Gasteiger partial charge in [-0.3, -0.25) is 4.98 Å². The fourth-order valence-corrected chi connectivity index (χ4v) is 2.44. The Morgan fingerprint density at radius 3 is 2.79 bits per heavy atom. The number of hydrogen-bond donors (Lipinski definition) is 1. The van der Waals surface area contributed by atoms with Crippen molar-refractivity contribution in [1.29, 1.82) is 0 Å². The van der Waals surface area contributed by atoms with E-state index in [0.29, 0.717) is 12.0 Å². The van der Waals surface area contributed by atoms with Crippen molar-refractivity contribution in [3.63, 3.8) is 0 Å². The molecule has 100 valence electrons. The number of rotatable bonds is 4. The second-order valence-electron chi connectivity index (χ2n) is 4.48. The van der Waals surface area contributed by atoms with Gasteiger partial charge in [-0.2, -0.15) is 0 Å². The maximum absolute atomic E-state index is 13.8. The van der Waals surface area contributed by atoms with Gasteiger partial charge in [0.15, 0.2) is 0 Å². The second-order valence-corrected chi connectivity index (χ2v) is 5.40. The molecule has 0 saturated carbocycles. The number of nitrogens with zero attached hydrogens (tertiary/aromatic N) is 1. The topological polar surface area (TPSA) is 24.9 Å². The van der Waals surface area contributed by atoms with Gasteiger partial charge in [0, 0.05) is 10.2 Å². The van der Waals surface area contributed by atoms with Crippen molar-refractivity contribution < 1.29 is 4.39 Å². The zero-order valence-electron chi connectivity index (χ0n) is 11.0. The molecule has 1 N–H and O–H groups in total. The van der Waals surface area contributed by atoms with E-state index in [9.17, 15) is 4.39 Å². The molecule has 19 heavy (non-hydrogen) atoms. The molecule has 0 fully saturated rings. The van der Waals surface area contributed by atoms with Crippen molar-refractivity contribution in [3.05, 3.63) is 63.6 Å². The summed E-state index contributed by atoms with van der Waals surface area (Å²) in [6.07, 6.45) is 0.568. The lowest BCUT2D eigenvalue weighted by atomic mass is 10.0. The minimum Gasteiger partial charge on any atom is -0.311 e. The van der Waals surface area contributed by atoms with Crippen molar-refractivity contribution >= 4 is 15.9 Å². The highest BCUT2D eigenvalue weighted by Crippen LogP contribution is 2.22. The fourth-order valence-electron chi connectivity index (χ4n) is 2.03. The van der Waals surface area contributed by atoms with E-state index in [0.717, 1.165) is 15.9 Å². The van der Waals surface area contributed by atoms with Gasteiger partial charge in [0.25, 0.3) is 0 Å². The van der Waals surface area contributed by atoms with Crippen molar-refractivity contribution in [2.45, 2.75) is 19.4 Å². The number of benzene rings is 1. The van der Waals surface area contributed by atoms with Crippen LogP contribution in [0, 0.1) is 12.7 Å². The van der Waals surface area contributed by atoms with E-state index >= 15 is 0 Å². The van der Waals surface area contributed by atoms with Crippen molar-refractivity contribution in [2.75, 3.05) is 7.05 Å². The Morgan fingerprint density at radius 1 is 1.32 bits per heavy atom. The molecule has 0 aliphatic heterocycles. The predicted octanol–water partition coefficient (Wildman–Crippen LogP) is 3.79. The Bertz CT molecular complexity index is 572. The summed E-state index contributed by atoms with van der Waals surface area (Å²) in [7, 11) is 1.87. The molecule has 0 aliphatic carbocycles. The molecule has 1 atom stereocenters. The van der Waals surface area contributed by atoms with E-state index in [1.807, 2.05) is 38.2 Å². The third kappa shape index (κ3) is 3.61.